The first kappa shape index (κ1) is 57.7. The summed E-state index contributed by atoms with van der Waals surface area (Å²) in [4.78, 5) is 25.1. The van der Waals surface area contributed by atoms with Gasteiger partial charge in [0.1, 0.15) is 19.3 Å². The number of carbonyl (C=O) groups excluding carboxylic acids is 1. The van der Waals surface area contributed by atoms with Crippen LogP contribution >= 0.6 is 7.82 Å². The Labute approximate surface area is 369 Å². The number of hydrogen-bond acceptors (Lipinski definition) is 7. The maximum absolute atomic E-state index is 12.7. The number of carbonyl (C=O) groups is 1. The molecule has 0 aliphatic carbocycles. The van der Waals surface area contributed by atoms with Crippen molar-refractivity contribution in [1.29, 1.82) is 0 Å². The molecule has 0 aliphatic heterocycles. The van der Waals surface area contributed by atoms with Gasteiger partial charge in [0.15, 0.2) is 0 Å². The lowest BCUT2D eigenvalue weighted by atomic mass is 10.1. The van der Waals surface area contributed by atoms with Crippen LogP contribution in [0.1, 0.15) is 174 Å². The lowest BCUT2D eigenvalue weighted by Crippen LogP contribution is -2.37. The van der Waals surface area contributed by atoms with Gasteiger partial charge in [-0.15, -0.1) is 0 Å². The first-order chi connectivity index (χ1) is 29.1. The van der Waals surface area contributed by atoms with E-state index in [1.807, 2.05) is 21.1 Å². The number of phosphoric acid groups is 1. The molecule has 9 heteroatoms. The van der Waals surface area contributed by atoms with E-state index in [0.29, 0.717) is 17.6 Å². The Morgan fingerprint density at radius 2 is 0.967 bits per heavy atom. The fourth-order valence-electron chi connectivity index (χ4n) is 6.01. The third-order valence-electron chi connectivity index (χ3n) is 9.68. The fourth-order valence-corrected chi connectivity index (χ4v) is 6.74. The number of esters is 1. The maximum atomic E-state index is 12.7. The van der Waals surface area contributed by atoms with Crippen LogP contribution in [0, 0.1) is 0 Å². The van der Waals surface area contributed by atoms with E-state index >= 15 is 0 Å². The molecule has 0 N–H and O–H groups in total. The van der Waals surface area contributed by atoms with E-state index in [0.717, 1.165) is 103 Å². The minimum atomic E-state index is -4.54. The number of allylic oxidation sites excluding steroid dienone is 14. The average Bonchev–Trinajstić information content (AvgIpc) is 3.20. The second-order valence-corrected chi connectivity index (χ2v) is 18.1. The van der Waals surface area contributed by atoms with E-state index in [2.05, 4.69) is 98.9 Å². The summed E-state index contributed by atoms with van der Waals surface area (Å²) in [6.45, 7) is 5.21. The molecule has 0 aromatic rings. The Morgan fingerprint density at radius 1 is 0.533 bits per heavy atom. The molecule has 0 aromatic heterocycles. The number of nitrogens with zero attached hydrogens (tertiary/aromatic N) is 1. The first-order valence-electron chi connectivity index (χ1n) is 23.8. The van der Waals surface area contributed by atoms with Gasteiger partial charge in [-0.1, -0.05) is 163 Å². The van der Waals surface area contributed by atoms with Crippen LogP contribution in [0.2, 0.25) is 0 Å². The summed E-state index contributed by atoms with van der Waals surface area (Å²) < 4.78 is 34.6. The predicted molar refractivity (Wildman–Crippen MR) is 254 cm³/mol. The van der Waals surface area contributed by atoms with E-state index < -0.39 is 13.9 Å². The fraction of sp³-hybridized carbons (Fsp3) is 0.706. The van der Waals surface area contributed by atoms with Crippen LogP contribution in [0.4, 0.5) is 0 Å². The van der Waals surface area contributed by atoms with Crippen molar-refractivity contribution in [2.75, 3.05) is 54.1 Å². The summed E-state index contributed by atoms with van der Waals surface area (Å²) in [6, 6.07) is 0. The van der Waals surface area contributed by atoms with Crippen LogP contribution in [-0.2, 0) is 27.9 Å². The van der Waals surface area contributed by atoms with Gasteiger partial charge >= 0.3 is 5.97 Å². The van der Waals surface area contributed by atoms with Gasteiger partial charge in [-0.3, -0.25) is 9.36 Å². The van der Waals surface area contributed by atoms with Gasteiger partial charge < -0.3 is 27.9 Å². The minimum Gasteiger partial charge on any atom is -0.756 e. The van der Waals surface area contributed by atoms with Crippen molar-refractivity contribution in [1.82, 2.24) is 0 Å². The lowest BCUT2D eigenvalue weighted by Gasteiger charge is -2.28. The Hall–Kier alpha value is -2.32. The summed E-state index contributed by atoms with van der Waals surface area (Å²) in [5, 5.41) is 0. The van der Waals surface area contributed by atoms with Crippen molar-refractivity contribution in [2.24, 2.45) is 0 Å². The van der Waals surface area contributed by atoms with Gasteiger partial charge in [-0.05, 0) is 89.9 Å². The molecule has 0 saturated heterocycles. The molecule has 0 aromatic carbocycles. The zero-order chi connectivity index (χ0) is 44.1. The zero-order valence-electron chi connectivity index (χ0n) is 39.1. The molecular weight excluding hydrogens is 770 g/mol. The molecule has 0 spiro atoms. The van der Waals surface area contributed by atoms with Crippen LogP contribution < -0.4 is 4.89 Å². The molecule has 0 radical (unpaired) electrons. The molecular formula is C51H90NO7P. The minimum absolute atomic E-state index is 0.0150. The van der Waals surface area contributed by atoms with E-state index in [9.17, 15) is 14.3 Å². The highest BCUT2D eigenvalue weighted by molar-refractivity contribution is 7.45. The molecule has 8 nitrogen and oxygen atoms in total. The Balaban J connectivity index is 4.28. The highest BCUT2D eigenvalue weighted by atomic mass is 31.2. The van der Waals surface area contributed by atoms with Crippen LogP contribution in [-0.4, -0.2) is 70.7 Å². The molecule has 60 heavy (non-hydrogen) atoms. The van der Waals surface area contributed by atoms with Gasteiger partial charge in [0, 0.05) is 13.0 Å². The van der Waals surface area contributed by atoms with Crippen LogP contribution in [0.15, 0.2) is 85.1 Å². The van der Waals surface area contributed by atoms with Crippen molar-refractivity contribution < 1.29 is 37.3 Å². The van der Waals surface area contributed by atoms with E-state index in [1.54, 1.807) is 0 Å². The third-order valence-corrected chi connectivity index (χ3v) is 10.6. The summed E-state index contributed by atoms with van der Waals surface area (Å²) in [5.41, 5.74) is 0. The number of unbranched alkanes of at least 4 members (excludes halogenated alkanes) is 15. The van der Waals surface area contributed by atoms with Crippen molar-refractivity contribution in [3.63, 3.8) is 0 Å². The number of likely N-dealkylation sites (N-methyl/N-ethyl adjacent to an activating group) is 1. The lowest BCUT2D eigenvalue weighted by molar-refractivity contribution is -0.870. The molecule has 0 amide bonds. The number of ether oxygens (including phenoxy) is 2. The number of hydrogen-bond donors (Lipinski definition) is 0. The largest absolute Gasteiger partial charge is 0.756 e. The van der Waals surface area contributed by atoms with E-state index in [4.69, 9.17) is 18.5 Å². The van der Waals surface area contributed by atoms with E-state index in [1.165, 1.54) is 51.4 Å². The topological polar surface area (TPSA) is 94.1 Å². The normalized spacial score (nSPS) is 14.4. The number of rotatable bonds is 43. The quantitative estimate of drug-likeness (QED) is 0.0198. The standard InChI is InChI=1S/C51H90NO7P/c1-6-8-10-12-14-16-18-20-22-24-25-26-27-28-30-32-34-36-38-40-42-44-51(53)59-50(49-58-60(54,55)57-47-45-52(3,4)5)48-56-46-43-41-39-37-35-33-31-29-23-21-19-17-15-13-11-9-7-2/h8,10,14,16-17,19-20,22-23,25-26,28-30,50H,6-7,9,11-13,15,18,21,24,27,31-49H2,1-5H3/b10-8-,16-14-,19-17-,22-20-,26-25-,29-23-,30-28-. The second-order valence-electron chi connectivity index (χ2n) is 16.7. The van der Waals surface area contributed by atoms with Gasteiger partial charge in [-0.25, -0.2) is 0 Å². The molecule has 0 saturated carbocycles. The second kappa shape index (κ2) is 43.3. The molecule has 0 heterocycles. The van der Waals surface area contributed by atoms with E-state index in [-0.39, 0.29) is 32.2 Å². The summed E-state index contributed by atoms with van der Waals surface area (Å²) in [7, 11) is 1.32. The SMILES string of the molecule is CC/C=C\C/C=C\C/C=C\C/C=C\C/C=C\CCCCCCCC(=O)OC(COCCCCCCCC/C=C\C/C=C\CCCCCC)COP(=O)([O-])OCC[N+](C)(C)C. The summed E-state index contributed by atoms with van der Waals surface area (Å²) in [6.07, 6.45) is 57.4. The highest BCUT2D eigenvalue weighted by Crippen LogP contribution is 2.38. The van der Waals surface area contributed by atoms with Crippen molar-refractivity contribution in [3.8, 4) is 0 Å². The summed E-state index contributed by atoms with van der Waals surface area (Å²) in [5.74, 6) is -0.359. The van der Waals surface area contributed by atoms with Crippen molar-refractivity contribution in [2.45, 2.75) is 180 Å². The van der Waals surface area contributed by atoms with Crippen LogP contribution in [0.5, 0.6) is 0 Å². The Kier molecular flexibility index (Phi) is 41.7. The molecule has 346 valence electrons. The molecule has 0 bridgehead atoms. The molecule has 2 unspecified atom stereocenters. The molecule has 2 atom stereocenters. The monoisotopic (exact) mass is 860 g/mol. The summed E-state index contributed by atoms with van der Waals surface area (Å²) >= 11 is 0. The molecule has 0 fully saturated rings. The van der Waals surface area contributed by atoms with Crippen molar-refractivity contribution in [3.05, 3.63) is 85.1 Å². The zero-order valence-corrected chi connectivity index (χ0v) is 40.0. The Morgan fingerprint density at radius 3 is 1.45 bits per heavy atom. The van der Waals surface area contributed by atoms with Crippen LogP contribution in [0.25, 0.3) is 0 Å². The number of quaternary nitrogens is 1. The third kappa shape index (κ3) is 46.7. The maximum Gasteiger partial charge on any atom is 0.306 e. The van der Waals surface area contributed by atoms with Gasteiger partial charge in [0.2, 0.25) is 0 Å². The molecule has 0 aliphatic rings. The smallest absolute Gasteiger partial charge is 0.306 e. The van der Waals surface area contributed by atoms with Gasteiger partial charge in [0.05, 0.1) is 34.4 Å². The van der Waals surface area contributed by atoms with Gasteiger partial charge in [0.25, 0.3) is 7.82 Å². The Bertz CT molecular complexity index is 1230. The highest BCUT2D eigenvalue weighted by Gasteiger charge is 2.20. The van der Waals surface area contributed by atoms with Gasteiger partial charge in [-0.2, -0.15) is 0 Å². The molecule has 0 rings (SSSR count). The first-order valence-corrected chi connectivity index (χ1v) is 25.3. The number of phosphoric ester groups is 1. The van der Waals surface area contributed by atoms with Crippen LogP contribution in [0.3, 0.4) is 0 Å². The average molecular weight is 860 g/mol. The van der Waals surface area contributed by atoms with Crippen molar-refractivity contribution >= 4 is 13.8 Å². The predicted octanol–water partition coefficient (Wildman–Crippen LogP) is 13.8.